The van der Waals surface area contributed by atoms with Gasteiger partial charge in [0, 0.05) is 79.1 Å². The van der Waals surface area contributed by atoms with Gasteiger partial charge in [-0.2, -0.15) is 0 Å². The van der Waals surface area contributed by atoms with Crippen LogP contribution in [0, 0.1) is 0 Å². The number of benzene rings is 2. The fourth-order valence-electron chi connectivity index (χ4n) is 6.90. The number of pyridine rings is 2. The Morgan fingerprint density at radius 2 is 1.79 bits per heavy atom. The lowest BCUT2D eigenvalue weighted by atomic mass is 9.99. The summed E-state index contributed by atoms with van der Waals surface area (Å²) in [5.74, 6) is -1.86. The third-order valence-corrected chi connectivity index (χ3v) is 11.6. The maximum atomic E-state index is 14.6. The van der Waals surface area contributed by atoms with Gasteiger partial charge in [0.1, 0.15) is 17.1 Å². The molecule has 0 saturated heterocycles. The van der Waals surface area contributed by atoms with Crippen LogP contribution in [-0.4, -0.2) is 75.2 Å². The predicted octanol–water partition coefficient (Wildman–Crippen LogP) is 4.47. The van der Waals surface area contributed by atoms with Crippen molar-refractivity contribution < 1.29 is 19.2 Å². The molecule has 4 heterocycles. The lowest BCUT2D eigenvalue weighted by Crippen LogP contribution is -2.57. The number of nitrogens with zero attached hydrogens (tertiary/aromatic N) is 3. The molecule has 4 amide bonds. The summed E-state index contributed by atoms with van der Waals surface area (Å²) in [5.41, 5.74) is 16.3. The summed E-state index contributed by atoms with van der Waals surface area (Å²) in [6.07, 6.45) is 8.68. The molecule has 3 aromatic heterocycles. The number of halogens is 1. The Morgan fingerprint density at radius 1 is 0.964 bits per heavy atom. The summed E-state index contributed by atoms with van der Waals surface area (Å²) >= 11 is 8.32. The van der Waals surface area contributed by atoms with E-state index in [1.54, 1.807) is 31.7 Å². The summed E-state index contributed by atoms with van der Waals surface area (Å²) < 4.78 is 0. The van der Waals surface area contributed by atoms with E-state index in [1.165, 1.54) is 16.7 Å². The molecular formula is C41H46ClN9O4S. The number of amides is 4. The lowest BCUT2D eigenvalue weighted by Gasteiger charge is -2.32. The van der Waals surface area contributed by atoms with Crippen molar-refractivity contribution in [3.63, 3.8) is 0 Å². The van der Waals surface area contributed by atoms with Crippen molar-refractivity contribution in [3.05, 3.63) is 107 Å². The fraction of sp³-hybridized carbons (Fsp3) is 0.317. The third-order valence-electron chi connectivity index (χ3n) is 9.98. The van der Waals surface area contributed by atoms with Crippen molar-refractivity contribution in [1.82, 2.24) is 35.8 Å². The number of aromatic amines is 1. The number of para-hydroxylation sites is 1. The average Bonchev–Trinajstić information content (AvgIpc) is 3.62. The van der Waals surface area contributed by atoms with Gasteiger partial charge in [0.05, 0.1) is 11.1 Å². The Kier molecular flexibility index (Phi) is 13.7. The van der Waals surface area contributed by atoms with Gasteiger partial charge in [0.15, 0.2) is 0 Å². The first-order chi connectivity index (χ1) is 27.1. The van der Waals surface area contributed by atoms with Crippen molar-refractivity contribution >= 4 is 57.9 Å². The number of H-pyrrole nitrogens is 1. The minimum absolute atomic E-state index is 0.0572. The summed E-state index contributed by atoms with van der Waals surface area (Å²) in [7, 11) is 1.59. The van der Waals surface area contributed by atoms with Crippen molar-refractivity contribution in [2.75, 3.05) is 13.6 Å². The summed E-state index contributed by atoms with van der Waals surface area (Å²) in [4.78, 5) is 69.6. The number of hydrogen-bond acceptors (Lipinski definition) is 9. The molecule has 0 aliphatic carbocycles. The van der Waals surface area contributed by atoms with Gasteiger partial charge in [-0.3, -0.25) is 24.2 Å². The van der Waals surface area contributed by atoms with E-state index in [0.717, 1.165) is 38.7 Å². The third kappa shape index (κ3) is 9.74. The Labute approximate surface area is 334 Å². The minimum Gasteiger partial charge on any atom is -0.370 e. The smallest absolute Gasteiger partial charge is 0.245 e. The van der Waals surface area contributed by atoms with Crippen LogP contribution >= 0.6 is 23.4 Å². The molecule has 6 rings (SSSR count). The molecule has 15 heteroatoms. The highest BCUT2D eigenvalue weighted by Crippen LogP contribution is 2.41. The summed E-state index contributed by atoms with van der Waals surface area (Å²) in [6, 6.07) is 16.1. The zero-order chi connectivity index (χ0) is 39.6. The molecule has 0 fully saturated rings. The van der Waals surface area contributed by atoms with E-state index in [1.807, 2.05) is 60.8 Å². The minimum atomic E-state index is -0.980. The highest BCUT2D eigenvalue weighted by molar-refractivity contribution is 7.99. The molecule has 0 spiro atoms. The number of aromatic nitrogens is 3. The van der Waals surface area contributed by atoms with Gasteiger partial charge in [-0.25, -0.2) is 4.98 Å². The fourth-order valence-corrected chi connectivity index (χ4v) is 8.24. The number of hydrogen-bond donors (Lipinski definition) is 6. The van der Waals surface area contributed by atoms with Gasteiger partial charge in [-0.15, -0.1) is 0 Å². The Hall–Kier alpha value is -5.28. The number of nitrogens with one attached hydrogen (secondary N) is 4. The van der Waals surface area contributed by atoms with Crippen LogP contribution in [-0.2, 0) is 38.7 Å². The van der Waals surface area contributed by atoms with Gasteiger partial charge >= 0.3 is 0 Å². The Morgan fingerprint density at radius 3 is 2.57 bits per heavy atom. The van der Waals surface area contributed by atoms with Crippen LogP contribution in [0.15, 0.2) is 95.4 Å². The highest BCUT2D eigenvalue weighted by atomic mass is 35.5. The molecule has 0 radical (unpaired) electrons. The van der Waals surface area contributed by atoms with Gasteiger partial charge in [0.25, 0.3) is 0 Å². The Bertz CT molecular complexity index is 2180. The summed E-state index contributed by atoms with van der Waals surface area (Å²) in [6.45, 7) is 0.694. The van der Waals surface area contributed by atoms with Crippen molar-refractivity contribution in [2.24, 2.45) is 11.5 Å². The van der Waals surface area contributed by atoms with Crippen LogP contribution < -0.4 is 27.4 Å². The first-order valence-corrected chi connectivity index (χ1v) is 19.8. The number of carbonyl (C=O) groups is 4. The molecule has 3 atom stereocenters. The SMILES string of the molecule is CN1C(=O)[C@H](CCCCN)NC(=O)[C@H](CCC(N)=O)NCc2cccnc2Sc2c(Cl)ccc(-c3cccnc3)c2CNC(=O)[C@@H]1Cc1c[nH]c2ccccc12. The lowest BCUT2D eigenvalue weighted by molar-refractivity contribution is -0.142. The van der Waals surface area contributed by atoms with E-state index in [9.17, 15) is 19.2 Å². The Balaban J connectivity index is 1.47. The molecule has 56 heavy (non-hydrogen) atoms. The topological polar surface area (TPSA) is 201 Å². The molecular weight excluding hydrogens is 750 g/mol. The first-order valence-electron chi connectivity index (χ1n) is 18.6. The molecule has 1 aliphatic heterocycles. The quantitative estimate of drug-likeness (QED) is 0.110. The van der Waals surface area contributed by atoms with Crippen LogP contribution in [0.4, 0.5) is 0 Å². The van der Waals surface area contributed by atoms with Gasteiger partial charge < -0.3 is 37.3 Å². The normalized spacial score (nSPS) is 18.4. The van der Waals surface area contributed by atoms with Crippen LogP contribution in [0.25, 0.3) is 22.0 Å². The van der Waals surface area contributed by atoms with Crippen molar-refractivity contribution in [1.29, 1.82) is 0 Å². The van der Waals surface area contributed by atoms with Gasteiger partial charge in [0.2, 0.25) is 23.6 Å². The number of unbranched alkanes of at least 4 members (excludes halogenated alkanes) is 1. The molecule has 2 aromatic carbocycles. The molecule has 0 bridgehead atoms. The zero-order valence-corrected chi connectivity index (χ0v) is 32.7. The van der Waals surface area contributed by atoms with Crippen LogP contribution in [0.3, 0.4) is 0 Å². The molecule has 0 saturated carbocycles. The number of nitrogens with two attached hydrogens (primary N) is 2. The predicted molar refractivity (Wildman–Crippen MR) is 217 cm³/mol. The largest absolute Gasteiger partial charge is 0.370 e. The maximum absolute atomic E-state index is 14.6. The number of likely N-dealkylation sites (N-methyl/N-ethyl adjacent to an activating group) is 1. The number of primary amides is 1. The monoisotopic (exact) mass is 795 g/mol. The molecule has 8 N–H and O–H groups in total. The van der Waals surface area contributed by atoms with Crippen LogP contribution in [0.2, 0.25) is 5.02 Å². The van der Waals surface area contributed by atoms with Gasteiger partial charge in [-0.05, 0) is 78.7 Å². The van der Waals surface area contributed by atoms with E-state index in [0.29, 0.717) is 40.8 Å². The summed E-state index contributed by atoms with van der Waals surface area (Å²) in [5, 5.41) is 11.4. The van der Waals surface area contributed by atoms with Crippen LogP contribution in [0.5, 0.6) is 0 Å². The van der Waals surface area contributed by atoms with Crippen molar-refractivity contribution in [2.45, 2.75) is 79.7 Å². The van der Waals surface area contributed by atoms with E-state index in [4.69, 9.17) is 28.1 Å². The number of fused-ring (bicyclic) bond motifs is 3. The van der Waals surface area contributed by atoms with E-state index in [-0.39, 0.29) is 32.4 Å². The number of carbonyl (C=O) groups excluding carboxylic acids is 4. The standard InChI is InChI=1S/C41H46ClN9O4S/c1-51-35(20-27-23-47-32-11-3-2-10-29(27)32)39(54)49-24-30-28(25-8-6-18-45-21-25)13-14-31(42)37(30)56-40-26(9-7-19-46-40)22-48-33(15-16-36(44)52)38(53)50-34(41(51)55)12-4-5-17-43/h2-3,6-11,13-14,18-19,21,23,33-35,47-48H,4-5,12,15-17,20,22,24,43H2,1H3,(H2,44,52)(H,49,54)(H,50,53)/t33-,34-,35-/m0/s1. The molecule has 5 aromatic rings. The molecule has 13 nitrogen and oxygen atoms in total. The second kappa shape index (κ2) is 19.0. The molecule has 1 aliphatic rings. The average molecular weight is 796 g/mol. The highest BCUT2D eigenvalue weighted by Gasteiger charge is 2.34. The van der Waals surface area contributed by atoms with Crippen molar-refractivity contribution in [3.8, 4) is 11.1 Å². The van der Waals surface area contributed by atoms with E-state index < -0.39 is 41.8 Å². The maximum Gasteiger partial charge on any atom is 0.245 e. The zero-order valence-electron chi connectivity index (χ0n) is 31.1. The number of rotatable bonds is 10. The molecule has 292 valence electrons. The molecule has 0 unspecified atom stereocenters. The first kappa shape index (κ1) is 40.4. The van der Waals surface area contributed by atoms with Gasteiger partial charge in [-0.1, -0.05) is 59.8 Å². The van der Waals surface area contributed by atoms with Crippen LogP contribution in [0.1, 0.15) is 48.8 Å². The van der Waals surface area contributed by atoms with E-state index in [2.05, 4.69) is 25.9 Å². The second-order valence-electron chi connectivity index (χ2n) is 13.7. The second-order valence-corrected chi connectivity index (χ2v) is 15.2. The van der Waals surface area contributed by atoms with E-state index >= 15 is 0 Å².